The molecular weight excluding hydrogens is 570 g/mol. The number of aliphatic carboxylic acids is 1. The molecule has 3 aromatic heterocycles. The number of pyridine rings is 1. The number of aromatic nitrogens is 3. The van der Waals surface area contributed by atoms with Crippen molar-refractivity contribution in [3.8, 4) is 0 Å². The zero-order chi connectivity index (χ0) is 30.8. The number of piperidine rings is 1. The molecule has 15 nitrogen and oxygen atoms in total. The average molecular weight is 600 g/mol. The maximum atomic E-state index is 13.5. The van der Waals surface area contributed by atoms with Gasteiger partial charge in [0, 0.05) is 41.6 Å². The standard InChI is InChI=1S/C26H29N7O8S/c1-26(2,3)17-12-42-25(29-17)31-21(36)13-6-9-33-18(10-13)30-20(14(22(33)37)4-5-19(34)35)32-8-7-15(40-23(27)38)16(11-32)41-24(28)39/h4-6,9-10,12,15-16H,7-8,11H2,1-3H3,(H2,27,38)(H2,28,39)(H,34,35)(H,29,31,36). The van der Waals surface area contributed by atoms with Gasteiger partial charge in [-0.3, -0.25) is 19.3 Å². The molecule has 3 amide bonds. The number of rotatable bonds is 7. The Hall–Kier alpha value is -4.99. The van der Waals surface area contributed by atoms with Gasteiger partial charge in [-0.15, -0.1) is 11.3 Å². The smallest absolute Gasteiger partial charge is 0.404 e. The maximum absolute atomic E-state index is 13.5. The molecule has 4 heterocycles. The van der Waals surface area contributed by atoms with Gasteiger partial charge in [0.15, 0.2) is 11.2 Å². The number of nitrogens with one attached hydrogen (secondary N) is 1. The van der Waals surface area contributed by atoms with Gasteiger partial charge >= 0.3 is 18.2 Å². The van der Waals surface area contributed by atoms with Crippen LogP contribution in [0.2, 0.25) is 0 Å². The highest BCUT2D eigenvalue weighted by molar-refractivity contribution is 7.14. The first-order chi connectivity index (χ1) is 19.7. The molecule has 0 radical (unpaired) electrons. The average Bonchev–Trinajstić information content (AvgIpc) is 3.37. The van der Waals surface area contributed by atoms with Crippen molar-refractivity contribution >= 4 is 58.1 Å². The quantitative estimate of drug-likeness (QED) is 0.287. The van der Waals surface area contributed by atoms with Crippen LogP contribution < -0.4 is 27.2 Å². The van der Waals surface area contributed by atoms with Crippen LogP contribution >= 0.6 is 11.3 Å². The summed E-state index contributed by atoms with van der Waals surface area (Å²) in [6.07, 6.45) is -0.798. The number of primary amides is 2. The summed E-state index contributed by atoms with van der Waals surface area (Å²) in [5.41, 5.74) is 10.6. The monoisotopic (exact) mass is 599 g/mol. The lowest BCUT2D eigenvalue weighted by Gasteiger charge is -2.37. The second-order valence-electron chi connectivity index (χ2n) is 10.4. The fourth-order valence-electron chi connectivity index (χ4n) is 4.30. The van der Waals surface area contributed by atoms with Crippen LogP contribution in [0.1, 0.15) is 48.8 Å². The van der Waals surface area contributed by atoms with Crippen LogP contribution in [0.25, 0.3) is 11.7 Å². The number of carboxylic acid groups (broad SMARTS) is 1. The number of hydrogen-bond donors (Lipinski definition) is 4. The van der Waals surface area contributed by atoms with Crippen molar-refractivity contribution in [2.75, 3.05) is 23.3 Å². The van der Waals surface area contributed by atoms with E-state index in [9.17, 15) is 29.1 Å². The molecule has 0 bridgehead atoms. The molecule has 3 aromatic rings. The maximum Gasteiger partial charge on any atom is 0.404 e. The Balaban J connectivity index is 1.73. The van der Waals surface area contributed by atoms with Gasteiger partial charge in [-0.2, -0.15) is 0 Å². The first-order valence-electron chi connectivity index (χ1n) is 12.6. The van der Waals surface area contributed by atoms with E-state index >= 15 is 0 Å². The van der Waals surface area contributed by atoms with Gasteiger partial charge in [-0.1, -0.05) is 20.8 Å². The van der Waals surface area contributed by atoms with Gasteiger partial charge in [-0.25, -0.2) is 24.4 Å². The molecule has 0 aromatic carbocycles. The number of thiazole rings is 1. The molecule has 2 atom stereocenters. The van der Waals surface area contributed by atoms with Crippen molar-refractivity contribution in [1.29, 1.82) is 0 Å². The largest absolute Gasteiger partial charge is 0.478 e. The van der Waals surface area contributed by atoms with Crippen LogP contribution in [0.3, 0.4) is 0 Å². The van der Waals surface area contributed by atoms with Crippen molar-refractivity contribution in [2.45, 2.75) is 44.8 Å². The molecule has 0 spiro atoms. The van der Waals surface area contributed by atoms with Crippen LogP contribution in [0, 0.1) is 0 Å². The van der Waals surface area contributed by atoms with E-state index in [2.05, 4.69) is 15.3 Å². The van der Waals surface area contributed by atoms with Gasteiger partial charge in [0.1, 0.15) is 17.6 Å². The Morgan fingerprint density at radius 1 is 1.14 bits per heavy atom. The number of fused-ring (bicyclic) bond motifs is 1. The predicted molar refractivity (Wildman–Crippen MR) is 153 cm³/mol. The SMILES string of the molecule is CC(C)(C)c1csc(NC(=O)c2ccn3c(=O)c(C=CC(=O)O)c(N4CCC(OC(N)=O)C(OC(N)=O)C4)nc3c2)n1. The lowest BCUT2D eigenvalue weighted by atomic mass is 9.93. The summed E-state index contributed by atoms with van der Waals surface area (Å²) in [6.45, 7) is 6.07. The molecule has 1 fully saturated rings. The molecule has 42 heavy (non-hydrogen) atoms. The van der Waals surface area contributed by atoms with E-state index in [-0.39, 0.29) is 47.5 Å². The van der Waals surface area contributed by atoms with E-state index in [1.54, 1.807) is 4.90 Å². The first-order valence-corrected chi connectivity index (χ1v) is 13.5. The van der Waals surface area contributed by atoms with Crippen molar-refractivity contribution in [1.82, 2.24) is 14.4 Å². The van der Waals surface area contributed by atoms with Crippen LogP contribution in [0.4, 0.5) is 20.5 Å². The fraction of sp³-hybridized carbons (Fsp3) is 0.346. The highest BCUT2D eigenvalue weighted by atomic mass is 32.1. The first kappa shape index (κ1) is 30.0. The number of nitrogens with two attached hydrogens (primary N) is 2. The molecule has 1 aliphatic rings. The summed E-state index contributed by atoms with van der Waals surface area (Å²) < 4.78 is 11.4. The molecule has 0 aliphatic carbocycles. The van der Waals surface area contributed by atoms with Crippen LogP contribution in [-0.4, -0.2) is 68.8 Å². The minimum Gasteiger partial charge on any atom is -0.478 e. The highest BCUT2D eigenvalue weighted by Gasteiger charge is 2.36. The zero-order valence-corrected chi connectivity index (χ0v) is 23.7. The number of carbonyl (C=O) groups excluding carboxylic acids is 3. The van der Waals surface area contributed by atoms with Gasteiger partial charge in [0.05, 0.1) is 17.8 Å². The van der Waals surface area contributed by atoms with E-state index in [4.69, 9.17) is 20.9 Å². The lowest BCUT2D eigenvalue weighted by molar-refractivity contribution is -0.131. The third-order valence-corrected chi connectivity index (χ3v) is 7.08. The van der Waals surface area contributed by atoms with Crippen LogP contribution in [-0.2, 0) is 19.7 Å². The summed E-state index contributed by atoms with van der Waals surface area (Å²) in [6, 6.07) is 2.83. The van der Waals surface area contributed by atoms with E-state index in [0.717, 1.165) is 17.8 Å². The van der Waals surface area contributed by atoms with Crippen molar-refractivity contribution in [3.05, 3.63) is 57.0 Å². The van der Waals surface area contributed by atoms with Crippen molar-refractivity contribution in [3.63, 3.8) is 0 Å². The number of hydrogen-bond acceptors (Lipinski definition) is 11. The molecule has 222 valence electrons. The van der Waals surface area contributed by atoms with Gasteiger partial charge < -0.3 is 30.9 Å². The van der Waals surface area contributed by atoms with E-state index in [1.807, 2.05) is 26.2 Å². The highest BCUT2D eigenvalue weighted by Crippen LogP contribution is 2.28. The second-order valence-corrected chi connectivity index (χ2v) is 11.3. The number of anilines is 2. The summed E-state index contributed by atoms with van der Waals surface area (Å²) in [5, 5.41) is 14.2. The van der Waals surface area contributed by atoms with Crippen molar-refractivity contribution in [2.24, 2.45) is 11.5 Å². The van der Waals surface area contributed by atoms with Crippen LogP contribution in [0.5, 0.6) is 0 Å². The summed E-state index contributed by atoms with van der Waals surface area (Å²) in [5.74, 6) is -1.71. The van der Waals surface area contributed by atoms with E-state index < -0.39 is 41.8 Å². The minimum absolute atomic E-state index is 0.0559. The molecule has 0 saturated carbocycles. The fourth-order valence-corrected chi connectivity index (χ4v) is 5.23. The molecule has 2 unspecified atom stereocenters. The Morgan fingerprint density at radius 3 is 2.45 bits per heavy atom. The normalized spacial score (nSPS) is 17.3. The van der Waals surface area contributed by atoms with Crippen LogP contribution in [0.15, 0.2) is 34.6 Å². The second kappa shape index (κ2) is 11.9. The molecule has 1 saturated heterocycles. The number of amides is 3. The number of carboxylic acids is 1. The van der Waals surface area contributed by atoms with Gasteiger partial charge in [0.25, 0.3) is 11.5 Å². The van der Waals surface area contributed by atoms with Gasteiger partial charge in [0.2, 0.25) is 0 Å². The molecule has 16 heteroatoms. The summed E-state index contributed by atoms with van der Waals surface area (Å²) in [4.78, 5) is 71.3. The Kier molecular flexibility index (Phi) is 8.46. The number of ether oxygens (including phenoxy) is 2. The molecule has 4 rings (SSSR count). The minimum atomic E-state index is -1.29. The summed E-state index contributed by atoms with van der Waals surface area (Å²) in [7, 11) is 0. The number of nitrogens with zero attached hydrogens (tertiary/aromatic N) is 4. The Labute approximate surface area is 242 Å². The van der Waals surface area contributed by atoms with Gasteiger partial charge in [-0.05, 0) is 18.2 Å². The molecular formula is C26H29N7O8S. The zero-order valence-electron chi connectivity index (χ0n) is 22.9. The Bertz CT molecular complexity index is 1640. The molecule has 6 N–H and O–H groups in total. The third kappa shape index (κ3) is 6.83. The summed E-state index contributed by atoms with van der Waals surface area (Å²) >= 11 is 1.28. The van der Waals surface area contributed by atoms with E-state index in [1.165, 1.54) is 34.1 Å². The number of carbonyl (C=O) groups is 4. The Morgan fingerprint density at radius 2 is 1.83 bits per heavy atom. The molecule has 1 aliphatic heterocycles. The third-order valence-electron chi connectivity index (χ3n) is 6.33. The predicted octanol–water partition coefficient (Wildman–Crippen LogP) is 1.94. The van der Waals surface area contributed by atoms with Crippen molar-refractivity contribution < 1.29 is 33.8 Å². The topological polar surface area (TPSA) is 222 Å². The van der Waals surface area contributed by atoms with E-state index in [0.29, 0.717) is 5.13 Å². The lowest BCUT2D eigenvalue weighted by Crippen LogP contribution is -2.52.